The molecule has 4 rings (SSSR count). The van der Waals surface area contributed by atoms with Gasteiger partial charge in [0.2, 0.25) is 0 Å². The molecule has 3 aromatic rings. The molecule has 1 heterocycles. The number of fused-ring (bicyclic) bond motifs is 3. The van der Waals surface area contributed by atoms with Gasteiger partial charge in [0.1, 0.15) is 12.4 Å². The third-order valence-electron chi connectivity index (χ3n) is 5.78. The predicted octanol–water partition coefficient (Wildman–Crippen LogP) is 4.85. The molecule has 0 aliphatic carbocycles. The van der Waals surface area contributed by atoms with Crippen LogP contribution >= 0.6 is 0 Å². The van der Waals surface area contributed by atoms with Crippen LogP contribution in [0.1, 0.15) is 29.9 Å². The van der Waals surface area contributed by atoms with Gasteiger partial charge in [0.25, 0.3) is 10.1 Å². The smallest absolute Gasteiger partial charge is 0.414 e. The van der Waals surface area contributed by atoms with Gasteiger partial charge in [-0.15, -0.1) is 0 Å². The lowest BCUT2D eigenvalue weighted by Gasteiger charge is -2.26. The van der Waals surface area contributed by atoms with Crippen LogP contribution < -0.4 is 9.64 Å². The van der Waals surface area contributed by atoms with Crippen LogP contribution in [0.2, 0.25) is 0 Å². The number of nitrogens with zero attached hydrogens (tertiary/aromatic N) is 1. The second-order valence-corrected chi connectivity index (χ2v) is 9.72. The zero-order valence-electron chi connectivity index (χ0n) is 18.7. The monoisotopic (exact) mass is 469 g/mol. The summed E-state index contributed by atoms with van der Waals surface area (Å²) in [5, 5.41) is 1.79. The molecule has 0 bridgehead atoms. The molecule has 33 heavy (non-hydrogen) atoms. The number of ether oxygens (including phenoxy) is 2. The first-order valence-corrected chi connectivity index (χ1v) is 12.6. The fourth-order valence-corrected chi connectivity index (χ4v) is 4.70. The van der Waals surface area contributed by atoms with Crippen LogP contribution in [0, 0.1) is 0 Å². The second kappa shape index (κ2) is 9.80. The minimum absolute atomic E-state index is 0.00899. The van der Waals surface area contributed by atoms with Crippen LogP contribution in [0.4, 0.5) is 10.5 Å². The molecule has 0 radical (unpaired) electrons. The van der Waals surface area contributed by atoms with Crippen LogP contribution in [0.5, 0.6) is 5.75 Å². The highest BCUT2D eigenvalue weighted by atomic mass is 32.2. The standard InChI is InChI=1S/C25H27NO6S/c1-30-25(27)26-14-8-11-19(17-32-33(2,28)29)24-21-13-7-6-12-20(21)23(15-22(24)26)31-16-18-9-4-3-5-10-18/h3-7,9-10,12-13,15,19H,8,11,14,16-17H2,1-2H3. The molecule has 1 atom stereocenters. The molecule has 1 aliphatic heterocycles. The Morgan fingerprint density at radius 2 is 1.76 bits per heavy atom. The number of amides is 1. The topological polar surface area (TPSA) is 82.1 Å². The van der Waals surface area contributed by atoms with Gasteiger partial charge in [-0.3, -0.25) is 9.08 Å². The number of anilines is 1. The molecule has 0 saturated heterocycles. The number of carbonyl (C=O) groups excluding carboxylic acids is 1. The number of carbonyl (C=O) groups is 1. The lowest BCUT2D eigenvalue weighted by molar-refractivity contribution is 0.178. The van der Waals surface area contributed by atoms with E-state index in [0.29, 0.717) is 37.4 Å². The minimum atomic E-state index is -3.60. The molecular formula is C25H27NO6S. The van der Waals surface area contributed by atoms with Crippen molar-refractivity contribution in [1.29, 1.82) is 0 Å². The van der Waals surface area contributed by atoms with Gasteiger partial charge in [-0.25, -0.2) is 4.79 Å². The van der Waals surface area contributed by atoms with E-state index in [4.69, 9.17) is 13.7 Å². The van der Waals surface area contributed by atoms with Gasteiger partial charge >= 0.3 is 6.09 Å². The second-order valence-electron chi connectivity index (χ2n) is 8.08. The summed E-state index contributed by atoms with van der Waals surface area (Å²) in [5.41, 5.74) is 2.55. The van der Waals surface area contributed by atoms with Crippen molar-refractivity contribution in [1.82, 2.24) is 0 Å². The van der Waals surface area contributed by atoms with E-state index in [9.17, 15) is 13.2 Å². The maximum Gasteiger partial charge on any atom is 0.414 e. The molecule has 7 nitrogen and oxygen atoms in total. The first-order valence-electron chi connectivity index (χ1n) is 10.8. The molecule has 3 aromatic carbocycles. The van der Waals surface area contributed by atoms with Gasteiger partial charge in [0.15, 0.2) is 0 Å². The normalized spacial score (nSPS) is 16.2. The maximum atomic E-state index is 12.7. The molecule has 0 spiro atoms. The van der Waals surface area contributed by atoms with E-state index in [1.54, 1.807) is 4.90 Å². The van der Waals surface area contributed by atoms with Gasteiger partial charge in [0, 0.05) is 23.9 Å². The Hall–Kier alpha value is -3.10. The van der Waals surface area contributed by atoms with E-state index < -0.39 is 16.2 Å². The third-order valence-corrected chi connectivity index (χ3v) is 6.34. The Morgan fingerprint density at radius 3 is 2.45 bits per heavy atom. The highest BCUT2D eigenvalue weighted by molar-refractivity contribution is 7.85. The van der Waals surface area contributed by atoms with Gasteiger partial charge in [-0.1, -0.05) is 54.6 Å². The number of methoxy groups -OCH3 is 1. The van der Waals surface area contributed by atoms with E-state index >= 15 is 0 Å². The summed E-state index contributed by atoms with van der Waals surface area (Å²) in [6.07, 6.45) is 1.93. The number of hydrogen-bond donors (Lipinski definition) is 0. The van der Waals surface area contributed by atoms with Crippen molar-refractivity contribution in [3.8, 4) is 5.75 Å². The molecule has 1 unspecified atom stereocenters. The molecular weight excluding hydrogens is 442 g/mol. The molecule has 0 saturated carbocycles. The SMILES string of the molecule is COC(=O)N1CCCC(COS(C)(=O)=O)c2c1cc(OCc1ccccc1)c1ccccc21. The van der Waals surface area contributed by atoms with E-state index in [-0.39, 0.29) is 12.5 Å². The molecule has 1 aliphatic rings. The third kappa shape index (κ3) is 5.29. The summed E-state index contributed by atoms with van der Waals surface area (Å²) in [6, 6.07) is 19.5. The Morgan fingerprint density at radius 1 is 1.06 bits per heavy atom. The van der Waals surface area contributed by atoms with Crippen LogP contribution in [-0.2, 0) is 25.6 Å². The molecule has 1 amide bonds. The zero-order valence-corrected chi connectivity index (χ0v) is 19.5. The highest BCUT2D eigenvalue weighted by Gasteiger charge is 2.31. The van der Waals surface area contributed by atoms with E-state index in [0.717, 1.165) is 28.2 Å². The average molecular weight is 470 g/mol. The van der Waals surface area contributed by atoms with Crippen molar-refractivity contribution < 1.29 is 26.9 Å². The largest absolute Gasteiger partial charge is 0.488 e. The van der Waals surface area contributed by atoms with Crippen LogP contribution in [-0.4, -0.2) is 41.0 Å². The van der Waals surface area contributed by atoms with Crippen LogP contribution in [0.25, 0.3) is 10.8 Å². The Bertz CT molecular complexity index is 1240. The van der Waals surface area contributed by atoms with Crippen molar-refractivity contribution in [3.63, 3.8) is 0 Å². The van der Waals surface area contributed by atoms with Gasteiger partial charge < -0.3 is 9.47 Å². The Kier molecular flexibility index (Phi) is 6.85. The van der Waals surface area contributed by atoms with E-state index in [2.05, 4.69) is 0 Å². The van der Waals surface area contributed by atoms with Crippen LogP contribution in [0.15, 0.2) is 60.7 Å². The molecule has 0 N–H and O–H groups in total. The van der Waals surface area contributed by atoms with Crippen molar-refractivity contribution in [2.45, 2.75) is 25.4 Å². The first-order chi connectivity index (χ1) is 15.9. The molecule has 0 fully saturated rings. The van der Waals surface area contributed by atoms with Crippen molar-refractivity contribution in [2.24, 2.45) is 0 Å². The van der Waals surface area contributed by atoms with Crippen molar-refractivity contribution in [2.75, 3.05) is 31.4 Å². The quantitative estimate of drug-likeness (QED) is 0.480. The molecule has 0 aromatic heterocycles. The van der Waals surface area contributed by atoms with Gasteiger partial charge in [-0.2, -0.15) is 8.42 Å². The maximum absolute atomic E-state index is 12.7. The van der Waals surface area contributed by atoms with E-state index in [1.165, 1.54) is 7.11 Å². The van der Waals surface area contributed by atoms with Gasteiger partial charge in [0.05, 0.1) is 25.7 Å². The molecule has 8 heteroatoms. The number of rotatable bonds is 6. The first kappa shape index (κ1) is 23.1. The fraction of sp³-hybridized carbons (Fsp3) is 0.320. The summed E-state index contributed by atoms with van der Waals surface area (Å²) in [7, 11) is -2.25. The average Bonchev–Trinajstić information content (AvgIpc) is 3.00. The summed E-state index contributed by atoms with van der Waals surface area (Å²) in [5.74, 6) is 0.434. The Labute approximate surface area is 194 Å². The van der Waals surface area contributed by atoms with Crippen LogP contribution in [0.3, 0.4) is 0 Å². The summed E-state index contributed by atoms with van der Waals surface area (Å²) < 4.78 is 39.9. The fourth-order valence-electron chi connectivity index (χ4n) is 4.29. The number of benzene rings is 3. The lowest BCUT2D eigenvalue weighted by Crippen LogP contribution is -2.31. The summed E-state index contributed by atoms with van der Waals surface area (Å²) >= 11 is 0. The van der Waals surface area contributed by atoms with Crippen molar-refractivity contribution >= 4 is 32.7 Å². The minimum Gasteiger partial charge on any atom is -0.488 e. The van der Waals surface area contributed by atoms with Crippen molar-refractivity contribution in [3.05, 3.63) is 71.8 Å². The molecule has 174 valence electrons. The predicted molar refractivity (Wildman–Crippen MR) is 127 cm³/mol. The van der Waals surface area contributed by atoms with E-state index in [1.807, 2.05) is 60.7 Å². The lowest BCUT2D eigenvalue weighted by atomic mass is 9.89. The number of hydrogen-bond acceptors (Lipinski definition) is 6. The van der Waals surface area contributed by atoms with Gasteiger partial charge in [-0.05, 0) is 29.4 Å². The highest BCUT2D eigenvalue weighted by Crippen LogP contribution is 2.44. The summed E-state index contributed by atoms with van der Waals surface area (Å²) in [6.45, 7) is 0.836. The summed E-state index contributed by atoms with van der Waals surface area (Å²) in [4.78, 5) is 14.3. The Balaban J connectivity index is 1.84. The zero-order chi connectivity index (χ0) is 23.4.